The summed E-state index contributed by atoms with van der Waals surface area (Å²) in [6.07, 6.45) is 2.69. The van der Waals surface area contributed by atoms with Crippen LogP contribution in [-0.2, 0) is 10.0 Å². The van der Waals surface area contributed by atoms with Crippen LogP contribution in [0.3, 0.4) is 0 Å². The summed E-state index contributed by atoms with van der Waals surface area (Å²) in [4.78, 5) is -0.277. The minimum atomic E-state index is -3.86. The Labute approximate surface area is 136 Å². The number of nitrogens with one attached hydrogen (secondary N) is 1. The molecule has 0 radical (unpaired) electrons. The van der Waals surface area contributed by atoms with Crippen LogP contribution in [0.25, 0.3) is 0 Å². The van der Waals surface area contributed by atoms with Crippen molar-refractivity contribution in [3.8, 4) is 0 Å². The molecule has 2 rings (SSSR count). The summed E-state index contributed by atoms with van der Waals surface area (Å²) in [5.74, 6) is -0.680. The average molecular weight is 405 g/mol. The van der Waals surface area contributed by atoms with Gasteiger partial charge in [0.05, 0.1) is 10.0 Å². The Morgan fingerprint density at radius 3 is 2.70 bits per heavy atom. The van der Waals surface area contributed by atoms with Crippen molar-refractivity contribution in [3.05, 3.63) is 28.0 Å². The maximum Gasteiger partial charge on any atom is 0.242 e. The van der Waals surface area contributed by atoms with Gasteiger partial charge >= 0.3 is 0 Å². The predicted molar refractivity (Wildman–Crippen MR) is 81.7 cm³/mol. The highest BCUT2D eigenvalue weighted by atomic mass is 79.9. The number of rotatable bonds is 4. The molecular formula is C12H13BrCl2FNO2S. The van der Waals surface area contributed by atoms with Gasteiger partial charge in [-0.3, -0.25) is 0 Å². The zero-order valence-corrected chi connectivity index (χ0v) is 14.3. The third kappa shape index (κ3) is 3.30. The standard InChI is InChI=1S/C12H13BrCl2FNO2S/c13-6-7-2-1-3-9(7)17-20(18,19)10-5-4-8(14)12(16)11(10)15/h4-5,7,9,17H,1-3,6H2. The SMILES string of the molecule is O=S(=O)(NC1CCCC1CBr)c1ccc(Cl)c(F)c1Cl. The van der Waals surface area contributed by atoms with Crippen molar-refractivity contribution in [1.29, 1.82) is 0 Å². The van der Waals surface area contributed by atoms with Gasteiger partial charge in [0, 0.05) is 11.4 Å². The van der Waals surface area contributed by atoms with Crippen LogP contribution in [0.5, 0.6) is 0 Å². The summed E-state index contributed by atoms with van der Waals surface area (Å²) in [5, 5.41) is 0.0506. The van der Waals surface area contributed by atoms with Crippen LogP contribution in [0, 0.1) is 11.7 Å². The lowest BCUT2D eigenvalue weighted by molar-refractivity contribution is 0.484. The first kappa shape index (κ1) is 16.5. The number of alkyl halides is 1. The molecule has 0 aliphatic heterocycles. The van der Waals surface area contributed by atoms with Gasteiger partial charge in [-0.15, -0.1) is 0 Å². The molecule has 112 valence electrons. The zero-order chi connectivity index (χ0) is 14.9. The molecule has 0 bridgehead atoms. The van der Waals surface area contributed by atoms with Crippen molar-refractivity contribution in [1.82, 2.24) is 4.72 Å². The largest absolute Gasteiger partial charge is 0.242 e. The van der Waals surface area contributed by atoms with Crippen LogP contribution >= 0.6 is 39.1 Å². The number of hydrogen-bond acceptors (Lipinski definition) is 2. The molecule has 1 aromatic rings. The Morgan fingerprint density at radius 2 is 2.05 bits per heavy atom. The van der Waals surface area contributed by atoms with E-state index < -0.39 is 20.9 Å². The highest BCUT2D eigenvalue weighted by molar-refractivity contribution is 9.09. The Morgan fingerprint density at radius 1 is 1.35 bits per heavy atom. The molecule has 2 atom stereocenters. The first-order valence-electron chi connectivity index (χ1n) is 6.08. The highest BCUT2D eigenvalue weighted by Gasteiger charge is 2.32. The fraction of sp³-hybridized carbons (Fsp3) is 0.500. The smallest absolute Gasteiger partial charge is 0.208 e. The number of sulfonamides is 1. The minimum Gasteiger partial charge on any atom is -0.208 e. The van der Waals surface area contributed by atoms with Gasteiger partial charge in [-0.25, -0.2) is 17.5 Å². The second kappa shape index (κ2) is 6.48. The molecule has 3 nitrogen and oxygen atoms in total. The van der Waals surface area contributed by atoms with E-state index >= 15 is 0 Å². The fourth-order valence-electron chi connectivity index (χ4n) is 2.36. The molecule has 0 aromatic heterocycles. The van der Waals surface area contributed by atoms with Gasteiger partial charge in [-0.2, -0.15) is 0 Å². The van der Waals surface area contributed by atoms with E-state index in [4.69, 9.17) is 23.2 Å². The van der Waals surface area contributed by atoms with Crippen molar-refractivity contribution in [3.63, 3.8) is 0 Å². The van der Waals surface area contributed by atoms with E-state index in [0.29, 0.717) is 0 Å². The summed E-state index contributed by atoms with van der Waals surface area (Å²) in [6, 6.07) is 2.25. The molecule has 1 fully saturated rings. The van der Waals surface area contributed by atoms with Gasteiger partial charge in [0.15, 0.2) is 5.82 Å². The second-order valence-electron chi connectivity index (χ2n) is 4.75. The molecule has 1 N–H and O–H groups in total. The Bertz CT molecular complexity index is 612. The van der Waals surface area contributed by atoms with Crippen LogP contribution in [0.15, 0.2) is 17.0 Å². The molecule has 2 unspecified atom stereocenters. The van der Waals surface area contributed by atoms with E-state index in [-0.39, 0.29) is 21.9 Å². The maximum absolute atomic E-state index is 13.6. The number of hydrogen-bond donors (Lipinski definition) is 1. The fourth-order valence-corrected chi connectivity index (χ4v) is 5.21. The van der Waals surface area contributed by atoms with Gasteiger partial charge in [0.25, 0.3) is 0 Å². The normalized spacial score (nSPS) is 23.2. The zero-order valence-electron chi connectivity index (χ0n) is 10.4. The van der Waals surface area contributed by atoms with Crippen LogP contribution in [0.2, 0.25) is 10.0 Å². The van der Waals surface area contributed by atoms with Crippen molar-refractivity contribution in [2.45, 2.75) is 30.2 Å². The van der Waals surface area contributed by atoms with Crippen molar-refractivity contribution in [2.24, 2.45) is 5.92 Å². The first-order valence-corrected chi connectivity index (χ1v) is 9.44. The molecule has 1 aromatic carbocycles. The quantitative estimate of drug-likeness (QED) is 0.609. The lowest BCUT2D eigenvalue weighted by atomic mass is 10.1. The van der Waals surface area contributed by atoms with E-state index in [1.54, 1.807) is 0 Å². The Hall–Kier alpha value is 0.120. The lowest BCUT2D eigenvalue weighted by Gasteiger charge is -2.19. The summed E-state index contributed by atoms with van der Waals surface area (Å²) < 4.78 is 40.8. The van der Waals surface area contributed by atoms with E-state index in [0.717, 1.165) is 24.6 Å². The predicted octanol–water partition coefficient (Wildman–Crippen LogP) is 3.97. The highest BCUT2D eigenvalue weighted by Crippen LogP contribution is 2.32. The molecule has 8 heteroatoms. The van der Waals surface area contributed by atoms with Crippen LogP contribution < -0.4 is 4.72 Å². The minimum absolute atomic E-state index is 0.158. The second-order valence-corrected chi connectivity index (χ2v) is 7.86. The van der Waals surface area contributed by atoms with E-state index in [1.165, 1.54) is 12.1 Å². The average Bonchev–Trinajstić information content (AvgIpc) is 2.82. The number of halogens is 4. The topological polar surface area (TPSA) is 46.2 Å². The van der Waals surface area contributed by atoms with Crippen molar-refractivity contribution < 1.29 is 12.8 Å². The van der Waals surface area contributed by atoms with Gasteiger partial charge in [0.2, 0.25) is 10.0 Å². The van der Waals surface area contributed by atoms with Gasteiger partial charge in [0.1, 0.15) is 4.90 Å². The van der Waals surface area contributed by atoms with E-state index in [2.05, 4.69) is 20.7 Å². The molecule has 0 amide bonds. The number of benzene rings is 1. The lowest BCUT2D eigenvalue weighted by Crippen LogP contribution is -2.38. The van der Waals surface area contributed by atoms with Crippen LogP contribution in [-0.4, -0.2) is 19.8 Å². The third-order valence-corrected chi connectivity index (χ3v) is 6.59. The Balaban J connectivity index is 2.29. The molecule has 0 heterocycles. The molecule has 0 saturated heterocycles. The summed E-state index contributed by atoms with van der Waals surface area (Å²) in [7, 11) is -3.86. The molecule has 20 heavy (non-hydrogen) atoms. The monoisotopic (exact) mass is 403 g/mol. The third-order valence-electron chi connectivity index (χ3n) is 3.45. The van der Waals surface area contributed by atoms with E-state index in [9.17, 15) is 12.8 Å². The van der Waals surface area contributed by atoms with Gasteiger partial charge in [-0.05, 0) is 30.9 Å². The van der Waals surface area contributed by atoms with E-state index in [1.807, 2.05) is 0 Å². The molecule has 0 spiro atoms. The molecule has 1 saturated carbocycles. The first-order chi connectivity index (χ1) is 9.36. The van der Waals surface area contributed by atoms with Crippen molar-refractivity contribution >= 4 is 49.2 Å². The Kier molecular flexibility index (Phi) is 5.34. The maximum atomic E-state index is 13.6. The molecule has 1 aliphatic carbocycles. The van der Waals surface area contributed by atoms with Crippen LogP contribution in [0.4, 0.5) is 4.39 Å². The van der Waals surface area contributed by atoms with Gasteiger partial charge < -0.3 is 0 Å². The van der Waals surface area contributed by atoms with Gasteiger partial charge in [-0.1, -0.05) is 45.6 Å². The summed E-state index contributed by atoms with van der Waals surface area (Å²) in [6.45, 7) is 0. The van der Waals surface area contributed by atoms with Crippen molar-refractivity contribution in [2.75, 3.05) is 5.33 Å². The summed E-state index contributed by atoms with van der Waals surface area (Å²) in [5.41, 5.74) is 0. The summed E-state index contributed by atoms with van der Waals surface area (Å²) >= 11 is 14.7. The molecule has 1 aliphatic rings. The van der Waals surface area contributed by atoms with Crippen LogP contribution in [0.1, 0.15) is 19.3 Å². The molecular weight excluding hydrogens is 392 g/mol.